The molecule has 0 saturated carbocycles. The highest BCUT2D eigenvalue weighted by Gasteiger charge is 2.25. The maximum absolute atomic E-state index is 12.3. The fraction of sp³-hybridized carbons (Fsp3) is 0.562. The molecule has 1 saturated heterocycles. The number of carbonyl (C=O) groups is 1. The Kier molecular flexibility index (Phi) is 4.88. The first-order valence-electron chi connectivity index (χ1n) is 7.19. The standard InChI is InChI=1S/C16H23NO3/c1-12-5-4-10-17(11-12)16(18)13(2)20-15-8-6-14(19-3)7-9-15/h6-9,12-13H,4-5,10-11H2,1-3H3/t12-,13+/m1/s1. The number of benzene rings is 1. The molecule has 0 radical (unpaired) electrons. The van der Waals surface area contributed by atoms with E-state index in [4.69, 9.17) is 9.47 Å². The van der Waals surface area contributed by atoms with Crippen molar-refractivity contribution in [1.82, 2.24) is 4.90 Å². The minimum absolute atomic E-state index is 0.0763. The van der Waals surface area contributed by atoms with Gasteiger partial charge in [-0.05, 0) is 49.9 Å². The second-order valence-electron chi connectivity index (χ2n) is 5.47. The molecule has 4 heteroatoms. The van der Waals surface area contributed by atoms with Crippen molar-refractivity contribution in [1.29, 1.82) is 0 Å². The van der Waals surface area contributed by atoms with E-state index >= 15 is 0 Å². The first-order chi connectivity index (χ1) is 9.60. The van der Waals surface area contributed by atoms with E-state index in [1.54, 1.807) is 7.11 Å². The topological polar surface area (TPSA) is 38.8 Å². The fourth-order valence-electron chi connectivity index (χ4n) is 2.56. The highest BCUT2D eigenvalue weighted by Crippen LogP contribution is 2.20. The highest BCUT2D eigenvalue weighted by molar-refractivity contribution is 5.81. The first kappa shape index (κ1) is 14.7. The molecule has 1 heterocycles. The Bertz CT molecular complexity index is 444. The van der Waals surface area contributed by atoms with Crippen LogP contribution in [0, 0.1) is 5.92 Å². The highest BCUT2D eigenvalue weighted by atomic mass is 16.5. The Labute approximate surface area is 120 Å². The van der Waals surface area contributed by atoms with Crippen molar-refractivity contribution in [3.63, 3.8) is 0 Å². The van der Waals surface area contributed by atoms with Gasteiger partial charge in [-0.15, -0.1) is 0 Å². The summed E-state index contributed by atoms with van der Waals surface area (Å²) in [4.78, 5) is 14.3. The summed E-state index contributed by atoms with van der Waals surface area (Å²) in [6.07, 6.45) is 1.84. The molecule has 0 aliphatic carbocycles. The molecular weight excluding hydrogens is 254 g/mol. The summed E-state index contributed by atoms with van der Waals surface area (Å²) in [5.41, 5.74) is 0. The van der Waals surface area contributed by atoms with Crippen LogP contribution in [0.2, 0.25) is 0 Å². The molecule has 20 heavy (non-hydrogen) atoms. The molecule has 1 amide bonds. The number of methoxy groups -OCH3 is 1. The molecule has 0 N–H and O–H groups in total. The van der Waals surface area contributed by atoms with Gasteiger partial charge in [0.1, 0.15) is 11.5 Å². The molecule has 0 spiro atoms. The number of nitrogens with zero attached hydrogens (tertiary/aromatic N) is 1. The van der Waals surface area contributed by atoms with E-state index < -0.39 is 6.10 Å². The van der Waals surface area contributed by atoms with Crippen LogP contribution in [0.1, 0.15) is 26.7 Å². The van der Waals surface area contributed by atoms with E-state index in [-0.39, 0.29) is 5.91 Å². The van der Waals surface area contributed by atoms with Crippen molar-refractivity contribution in [2.45, 2.75) is 32.8 Å². The predicted molar refractivity (Wildman–Crippen MR) is 78.1 cm³/mol. The van der Waals surface area contributed by atoms with Crippen molar-refractivity contribution in [3.8, 4) is 11.5 Å². The van der Waals surface area contributed by atoms with Crippen LogP contribution < -0.4 is 9.47 Å². The van der Waals surface area contributed by atoms with Crippen LogP contribution in [0.25, 0.3) is 0 Å². The quantitative estimate of drug-likeness (QED) is 0.849. The Balaban J connectivity index is 1.92. The van der Waals surface area contributed by atoms with Crippen molar-refractivity contribution in [2.24, 2.45) is 5.92 Å². The van der Waals surface area contributed by atoms with Gasteiger partial charge in [0.2, 0.25) is 0 Å². The van der Waals surface area contributed by atoms with Gasteiger partial charge in [-0.25, -0.2) is 0 Å². The normalized spacial score (nSPS) is 20.4. The van der Waals surface area contributed by atoms with Crippen LogP contribution >= 0.6 is 0 Å². The molecule has 1 aliphatic heterocycles. The third-order valence-electron chi connectivity index (χ3n) is 3.69. The minimum atomic E-state index is -0.450. The van der Waals surface area contributed by atoms with Crippen LogP contribution in [0.15, 0.2) is 24.3 Å². The maximum Gasteiger partial charge on any atom is 0.263 e. The summed E-state index contributed by atoms with van der Waals surface area (Å²) in [7, 11) is 1.62. The summed E-state index contributed by atoms with van der Waals surface area (Å²) in [5, 5.41) is 0. The molecule has 1 aliphatic rings. The van der Waals surface area contributed by atoms with Crippen molar-refractivity contribution < 1.29 is 14.3 Å². The molecule has 110 valence electrons. The summed E-state index contributed by atoms with van der Waals surface area (Å²) in [5.74, 6) is 2.13. The van der Waals surface area contributed by atoms with Gasteiger partial charge < -0.3 is 14.4 Å². The van der Waals surface area contributed by atoms with E-state index in [1.807, 2.05) is 36.1 Å². The largest absolute Gasteiger partial charge is 0.497 e. The van der Waals surface area contributed by atoms with Crippen molar-refractivity contribution in [3.05, 3.63) is 24.3 Å². The Morgan fingerprint density at radius 3 is 2.55 bits per heavy atom. The van der Waals surface area contributed by atoms with Gasteiger partial charge in [0.05, 0.1) is 7.11 Å². The smallest absolute Gasteiger partial charge is 0.263 e. The Hall–Kier alpha value is -1.71. The van der Waals surface area contributed by atoms with Gasteiger partial charge in [-0.2, -0.15) is 0 Å². The molecule has 2 rings (SSSR count). The lowest BCUT2D eigenvalue weighted by Gasteiger charge is -2.32. The number of carbonyl (C=O) groups excluding carboxylic acids is 1. The summed E-state index contributed by atoms with van der Waals surface area (Å²) >= 11 is 0. The van der Waals surface area contributed by atoms with Crippen LogP contribution in [-0.2, 0) is 4.79 Å². The molecule has 1 aromatic carbocycles. The van der Waals surface area contributed by atoms with Crippen molar-refractivity contribution >= 4 is 5.91 Å². The molecule has 2 atom stereocenters. The van der Waals surface area contributed by atoms with Crippen LogP contribution in [0.5, 0.6) is 11.5 Å². The van der Waals surface area contributed by atoms with E-state index in [0.717, 1.165) is 25.3 Å². The maximum atomic E-state index is 12.3. The summed E-state index contributed by atoms with van der Waals surface area (Å²) < 4.78 is 10.8. The van der Waals surface area contributed by atoms with E-state index in [0.29, 0.717) is 11.7 Å². The van der Waals surface area contributed by atoms with Gasteiger partial charge in [-0.3, -0.25) is 4.79 Å². The van der Waals surface area contributed by atoms with Gasteiger partial charge in [-0.1, -0.05) is 6.92 Å². The SMILES string of the molecule is COc1ccc(O[C@@H](C)C(=O)N2CCC[C@@H](C)C2)cc1. The summed E-state index contributed by atoms with van der Waals surface area (Å²) in [6, 6.07) is 7.30. The average molecular weight is 277 g/mol. The predicted octanol–water partition coefficient (Wildman–Crippen LogP) is 2.72. The number of amides is 1. The molecule has 0 unspecified atom stereocenters. The van der Waals surface area contributed by atoms with Crippen LogP contribution in [-0.4, -0.2) is 37.1 Å². The monoisotopic (exact) mass is 277 g/mol. The lowest BCUT2D eigenvalue weighted by atomic mass is 10.00. The van der Waals surface area contributed by atoms with E-state index in [2.05, 4.69) is 6.92 Å². The fourth-order valence-corrected chi connectivity index (χ4v) is 2.56. The van der Waals surface area contributed by atoms with Gasteiger partial charge in [0, 0.05) is 13.1 Å². The number of likely N-dealkylation sites (tertiary alicyclic amines) is 1. The number of hydrogen-bond donors (Lipinski definition) is 0. The Morgan fingerprint density at radius 2 is 1.95 bits per heavy atom. The number of hydrogen-bond acceptors (Lipinski definition) is 3. The third kappa shape index (κ3) is 3.65. The van der Waals surface area contributed by atoms with E-state index in [1.165, 1.54) is 6.42 Å². The first-order valence-corrected chi connectivity index (χ1v) is 7.19. The van der Waals surface area contributed by atoms with E-state index in [9.17, 15) is 4.79 Å². The van der Waals surface area contributed by atoms with Gasteiger partial charge >= 0.3 is 0 Å². The molecule has 4 nitrogen and oxygen atoms in total. The zero-order valence-electron chi connectivity index (χ0n) is 12.5. The molecule has 1 fully saturated rings. The Morgan fingerprint density at radius 1 is 1.30 bits per heavy atom. The minimum Gasteiger partial charge on any atom is -0.497 e. The lowest BCUT2D eigenvalue weighted by Crippen LogP contribution is -2.45. The van der Waals surface area contributed by atoms with Gasteiger partial charge in [0.25, 0.3) is 5.91 Å². The third-order valence-corrected chi connectivity index (χ3v) is 3.69. The second-order valence-corrected chi connectivity index (χ2v) is 5.47. The zero-order valence-corrected chi connectivity index (χ0v) is 12.5. The lowest BCUT2D eigenvalue weighted by molar-refractivity contribution is -0.139. The van der Waals surface area contributed by atoms with Crippen molar-refractivity contribution in [2.75, 3.05) is 20.2 Å². The number of piperidine rings is 1. The molecular formula is C16H23NO3. The molecule has 0 aromatic heterocycles. The number of rotatable bonds is 4. The molecule has 1 aromatic rings. The van der Waals surface area contributed by atoms with Crippen LogP contribution in [0.4, 0.5) is 0 Å². The molecule has 0 bridgehead atoms. The second kappa shape index (κ2) is 6.64. The summed E-state index contributed by atoms with van der Waals surface area (Å²) in [6.45, 7) is 5.69. The number of ether oxygens (including phenoxy) is 2. The van der Waals surface area contributed by atoms with Gasteiger partial charge in [0.15, 0.2) is 6.10 Å². The van der Waals surface area contributed by atoms with Crippen LogP contribution in [0.3, 0.4) is 0 Å². The average Bonchev–Trinajstić information content (AvgIpc) is 2.47. The zero-order chi connectivity index (χ0) is 14.5.